The van der Waals surface area contributed by atoms with Crippen molar-refractivity contribution >= 4 is 33.0 Å². The minimum atomic E-state index is -3.60. The SMILES string of the molecule is COc1cccc(-c2nc(C(=O)Nc3cccc(S(=O)(=O)N(C)C)c3)cs2)c1OC. The first kappa shape index (κ1) is 21.8. The Morgan fingerprint density at radius 1 is 1.10 bits per heavy atom. The Hall–Kier alpha value is -2.95. The Morgan fingerprint density at radius 2 is 1.83 bits per heavy atom. The van der Waals surface area contributed by atoms with Gasteiger partial charge in [0.1, 0.15) is 10.7 Å². The molecule has 1 N–H and O–H groups in total. The molecule has 1 amide bonds. The predicted molar refractivity (Wildman–Crippen MR) is 116 cm³/mol. The summed E-state index contributed by atoms with van der Waals surface area (Å²) in [6, 6.07) is 11.5. The van der Waals surface area contributed by atoms with Crippen LogP contribution in [0.3, 0.4) is 0 Å². The summed E-state index contributed by atoms with van der Waals surface area (Å²) < 4.78 is 36.4. The normalized spacial score (nSPS) is 11.4. The summed E-state index contributed by atoms with van der Waals surface area (Å²) in [5.41, 5.74) is 1.28. The highest BCUT2D eigenvalue weighted by molar-refractivity contribution is 7.89. The molecule has 0 bridgehead atoms. The third-order valence-electron chi connectivity index (χ3n) is 4.24. The lowest BCUT2D eigenvalue weighted by Gasteiger charge is -2.12. The Labute approximate surface area is 179 Å². The zero-order valence-electron chi connectivity index (χ0n) is 16.9. The molecule has 1 aromatic heterocycles. The number of methoxy groups -OCH3 is 2. The quantitative estimate of drug-likeness (QED) is 0.597. The molecule has 0 aliphatic heterocycles. The van der Waals surface area contributed by atoms with Gasteiger partial charge < -0.3 is 14.8 Å². The molecular weight excluding hydrogens is 426 g/mol. The number of carbonyl (C=O) groups is 1. The zero-order chi connectivity index (χ0) is 21.9. The molecule has 0 aliphatic carbocycles. The Morgan fingerprint density at radius 3 is 2.50 bits per heavy atom. The number of rotatable bonds is 7. The molecule has 0 unspecified atom stereocenters. The van der Waals surface area contributed by atoms with Crippen molar-refractivity contribution < 1.29 is 22.7 Å². The van der Waals surface area contributed by atoms with Crippen LogP contribution in [0, 0.1) is 0 Å². The summed E-state index contributed by atoms with van der Waals surface area (Å²) in [5, 5.41) is 4.92. The first-order valence-corrected chi connectivity index (χ1v) is 11.1. The molecule has 3 aromatic rings. The van der Waals surface area contributed by atoms with Crippen molar-refractivity contribution in [3.63, 3.8) is 0 Å². The van der Waals surface area contributed by atoms with Gasteiger partial charge in [-0.05, 0) is 30.3 Å². The van der Waals surface area contributed by atoms with E-state index in [1.807, 2.05) is 12.1 Å². The molecule has 0 spiro atoms. The summed E-state index contributed by atoms with van der Waals surface area (Å²) in [7, 11) is 2.38. The van der Waals surface area contributed by atoms with Crippen LogP contribution < -0.4 is 14.8 Å². The largest absolute Gasteiger partial charge is 0.493 e. The lowest BCUT2D eigenvalue weighted by Crippen LogP contribution is -2.22. The number of amides is 1. The fourth-order valence-corrected chi connectivity index (χ4v) is 4.47. The van der Waals surface area contributed by atoms with Gasteiger partial charge in [-0.15, -0.1) is 11.3 Å². The van der Waals surface area contributed by atoms with E-state index in [9.17, 15) is 13.2 Å². The molecule has 0 saturated heterocycles. The van der Waals surface area contributed by atoms with Crippen LogP contribution in [-0.2, 0) is 10.0 Å². The van der Waals surface area contributed by atoms with Gasteiger partial charge >= 0.3 is 0 Å². The van der Waals surface area contributed by atoms with Crippen molar-refractivity contribution in [2.45, 2.75) is 4.90 Å². The van der Waals surface area contributed by atoms with Crippen LogP contribution in [0.4, 0.5) is 5.69 Å². The van der Waals surface area contributed by atoms with Crippen molar-refractivity contribution in [1.29, 1.82) is 0 Å². The summed E-state index contributed by atoms with van der Waals surface area (Å²) in [5.74, 6) is 0.650. The standard InChI is InChI=1S/C20H21N3O5S2/c1-23(2)30(25,26)14-8-5-7-13(11-14)21-19(24)16-12-29-20(22-16)15-9-6-10-17(27-3)18(15)28-4/h5-12H,1-4H3,(H,21,24). The van der Waals surface area contributed by atoms with E-state index >= 15 is 0 Å². The van der Waals surface area contributed by atoms with E-state index < -0.39 is 15.9 Å². The molecule has 0 atom stereocenters. The number of aromatic nitrogens is 1. The number of nitrogens with zero attached hydrogens (tertiary/aromatic N) is 2. The smallest absolute Gasteiger partial charge is 0.275 e. The van der Waals surface area contributed by atoms with Gasteiger partial charge in [-0.1, -0.05) is 12.1 Å². The molecule has 10 heteroatoms. The monoisotopic (exact) mass is 447 g/mol. The molecule has 158 valence electrons. The van der Waals surface area contributed by atoms with Crippen molar-refractivity contribution in [1.82, 2.24) is 9.29 Å². The van der Waals surface area contributed by atoms with Crippen molar-refractivity contribution in [2.24, 2.45) is 0 Å². The van der Waals surface area contributed by atoms with E-state index in [0.29, 0.717) is 27.8 Å². The van der Waals surface area contributed by atoms with E-state index in [2.05, 4.69) is 10.3 Å². The summed E-state index contributed by atoms with van der Waals surface area (Å²) >= 11 is 1.29. The number of anilines is 1. The van der Waals surface area contributed by atoms with Gasteiger partial charge in [-0.2, -0.15) is 0 Å². The lowest BCUT2D eigenvalue weighted by atomic mass is 10.2. The number of sulfonamides is 1. The summed E-state index contributed by atoms with van der Waals surface area (Å²) in [6.45, 7) is 0. The first-order chi connectivity index (χ1) is 14.3. The highest BCUT2D eigenvalue weighted by Gasteiger charge is 2.19. The fourth-order valence-electron chi connectivity index (χ4n) is 2.70. The lowest BCUT2D eigenvalue weighted by molar-refractivity contribution is 0.102. The predicted octanol–water partition coefficient (Wildman–Crippen LogP) is 3.33. The topological polar surface area (TPSA) is 97.8 Å². The van der Waals surface area contributed by atoms with Crippen LogP contribution in [0.2, 0.25) is 0 Å². The number of carbonyl (C=O) groups excluding carboxylic acids is 1. The molecule has 1 heterocycles. The highest BCUT2D eigenvalue weighted by Crippen LogP contribution is 2.39. The fraction of sp³-hybridized carbons (Fsp3) is 0.200. The Kier molecular flexibility index (Phi) is 6.40. The molecule has 30 heavy (non-hydrogen) atoms. The highest BCUT2D eigenvalue weighted by atomic mass is 32.2. The van der Waals surface area contributed by atoms with Crippen molar-refractivity contribution in [3.8, 4) is 22.1 Å². The third-order valence-corrected chi connectivity index (χ3v) is 6.93. The second-order valence-corrected chi connectivity index (χ2v) is 9.36. The molecule has 0 fully saturated rings. The zero-order valence-corrected chi connectivity index (χ0v) is 18.5. The Bertz CT molecular complexity index is 1170. The van der Waals surface area contributed by atoms with Crippen LogP contribution in [-0.4, -0.2) is 51.9 Å². The van der Waals surface area contributed by atoms with E-state index in [0.717, 1.165) is 4.31 Å². The summed E-state index contributed by atoms with van der Waals surface area (Å²) in [6.07, 6.45) is 0. The second kappa shape index (κ2) is 8.82. The molecule has 3 rings (SSSR count). The number of thiazole rings is 1. The van der Waals surface area contributed by atoms with Gasteiger partial charge in [-0.25, -0.2) is 17.7 Å². The minimum Gasteiger partial charge on any atom is -0.493 e. The average molecular weight is 448 g/mol. The molecule has 0 radical (unpaired) electrons. The number of ether oxygens (including phenoxy) is 2. The molecule has 2 aromatic carbocycles. The van der Waals surface area contributed by atoms with Gasteiger partial charge in [0.15, 0.2) is 11.5 Å². The van der Waals surface area contributed by atoms with Crippen LogP contribution in [0.15, 0.2) is 52.7 Å². The summed E-state index contributed by atoms with van der Waals surface area (Å²) in [4.78, 5) is 17.1. The van der Waals surface area contributed by atoms with E-state index in [-0.39, 0.29) is 10.6 Å². The van der Waals surface area contributed by atoms with Crippen molar-refractivity contribution in [3.05, 3.63) is 53.5 Å². The van der Waals surface area contributed by atoms with Gasteiger partial charge in [0.2, 0.25) is 10.0 Å². The van der Waals surface area contributed by atoms with Gasteiger partial charge in [0, 0.05) is 25.2 Å². The average Bonchev–Trinajstić information content (AvgIpc) is 3.23. The van der Waals surface area contributed by atoms with Crippen LogP contribution in [0.25, 0.3) is 10.6 Å². The molecule has 8 nitrogen and oxygen atoms in total. The van der Waals surface area contributed by atoms with Gasteiger partial charge in [-0.3, -0.25) is 4.79 Å². The van der Waals surface area contributed by atoms with Crippen molar-refractivity contribution in [2.75, 3.05) is 33.6 Å². The molecule has 0 saturated carbocycles. The van der Waals surface area contributed by atoms with E-state index in [1.165, 1.54) is 44.7 Å². The number of benzene rings is 2. The maximum Gasteiger partial charge on any atom is 0.275 e. The maximum atomic E-state index is 12.6. The third kappa shape index (κ3) is 4.30. The molecular formula is C20H21N3O5S2. The molecule has 0 aliphatic rings. The first-order valence-electron chi connectivity index (χ1n) is 8.78. The number of hydrogen-bond acceptors (Lipinski definition) is 7. The number of nitrogens with one attached hydrogen (secondary N) is 1. The second-order valence-electron chi connectivity index (χ2n) is 6.35. The van der Waals surface area contributed by atoms with Gasteiger partial charge in [0.05, 0.1) is 24.7 Å². The van der Waals surface area contributed by atoms with E-state index in [1.54, 1.807) is 30.7 Å². The van der Waals surface area contributed by atoms with E-state index in [4.69, 9.17) is 9.47 Å². The maximum absolute atomic E-state index is 12.6. The Balaban J connectivity index is 1.85. The van der Waals surface area contributed by atoms with Crippen LogP contribution in [0.1, 0.15) is 10.5 Å². The minimum absolute atomic E-state index is 0.0883. The van der Waals surface area contributed by atoms with Crippen LogP contribution in [0.5, 0.6) is 11.5 Å². The number of hydrogen-bond donors (Lipinski definition) is 1. The number of para-hydroxylation sites is 1. The van der Waals surface area contributed by atoms with Crippen LogP contribution >= 0.6 is 11.3 Å². The van der Waals surface area contributed by atoms with Gasteiger partial charge in [0.25, 0.3) is 5.91 Å².